The lowest BCUT2D eigenvalue weighted by molar-refractivity contribution is 0.483. The molecule has 0 saturated heterocycles. The van der Waals surface area contributed by atoms with Crippen molar-refractivity contribution in [2.75, 3.05) is 5.32 Å². The zero-order valence-corrected chi connectivity index (χ0v) is 11.9. The molecule has 0 spiro atoms. The van der Waals surface area contributed by atoms with E-state index in [0.29, 0.717) is 0 Å². The van der Waals surface area contributed by atoms with E-state index in [1.165, 1.54) is 0 Å². The van der Waals surface area contributed by atoms with Gasteiger partial charge in [-0.25, -0.2) is 0 Å². The number of rotatable bonds is 5. The van der Waals surface area contributed by atoms with E-state index in [1.807, 2.05) is 74.0 Å². The van der Waals surface area contributed by atoms with Crippen molar-refractivity contribution in [2.45, 2.75) is 6.54 Å². The first-order chi connectivity index (χ1) is 10.3. The number of nitrogens with zero attached hydrogens (tertiary/aromatic N) is 2. The van der Waals surface area contributed by atoms with Crippen molar-refractivity contribution in [2.24, 2.45) is 7.05 Å². The largest absolute Gasteiger partial charge is 0.457 e. The van der Waals surface area contributed by atoms with Crippen LogP contribution < -0.4 is 10.1 Å². The predicted molar refractivity (Wildman–Crippen MR) is 83.5 cm³/mol. The smallest absolute Gasteiger partial charge is 0.129 e. The van der Waals surface area contributed by atoms with Crippen molar-refractivity contribution in [1.29, 1.82) is 0 Å². The first-order valence-corrected chi connectivity index (χ1v) is 6.84. The molecule has 4 heteroatoms. The normalized spacial score (nSPS) is 10.3. The molecule has 2 aromatic carbocycles. The number of hydrogen-bond acceptors (Lipinski definition) is 3. The second-order valence-electron chi connectivity index (χ2n) is 4.82. The highest BCUT2D eigenvalue weighted by atomic mass is 16.5. The fraction of sp³-hybridized carbons (Fsp3) is 0.118. The lowest BCUT2D eigenvalue weighted by Crippen LogP contribution is -1.98. The molecule has 106 valence electrons. The Morgan fingerprint density at radius 1 is 1.05 bits per heavy atom. The monoisotopic (exact) mass is 279 g/mol. The lowest BCUT2D eigenvalue weighted by atomic mass is 10.2. The highest BCUT2D eigenvalue weighted by Gasteiger charge is 2.00. The highest BCUT2D eigenvalue weighted by Crippen LogP contribution is 2.24. The summed E-state index contributed by atoms with van der Waals surface area (Å²) in [5.74, 6) is 1.65. The Balaban J connectivity index is 1.65. The van der Waals surface area contributed by atoms with E-state index < -0.39 is 0 Å². The van der Waals surface area contributed by atoms with Gasteiger partial charge in [0.25, 0.3) is 0 Å². The standard InChI is InChI=1S/C17H17N3O/c1-20-13-14(12-19-20)11-18-15-6-5-9-17(10-15)21-16-7-3-2-4-8-16/h2-10,12-13,18H,11H2,1H3. The Labute approximate surface area is 124 Å². The summed E-state index contributed by atoms with van der Waals surface area (Å²) in [5.41, 5.74) is 2.17. The third-order valence-electron chi connectivity index (χ3n) is 3.07. The van der Waals surface area contributed by atoms with E-state index in [9.17, 15) is 0 Å². The summed E-state index contributed by atoms with van der Waals surface area (Å²) in [7, 11) is 1.91. The van der Waals surface area contributed by atoms with Crippen LogP contribution in [0.3, 0.4) is 0 Å². The van der Waals surface area contributed by atoms with Gasteiger partial charge in [0.05, 0.1) is 6.20 Å². The maximum atomic E-state index is 5.82. The van der Waals surface area contributed by atoms with E-state index in [0.717, 1.165) is 29.3 Å². The molecule has 3 rings (SSSR count). The number of para-hydroxylation sites is 1. The SMILES string of the molecule is Cn1cc(CNc2cccc(Oc3ccccc3)c2)cn1. The van der Waals surface area contributed by atoms with Crippen molar-refractivity contribution in [3.63, 3.8) is 0 Å². The van der Waals surface area contributed by atoms with Crippen molar-refractivity contribution in [1.82, 2.24) is 9.78 Å². The van der Waals surface area contributed by atoms with Crippen LogP contribution in [-0.4, -0.2) is 9.78 Å². The summed E-state index contributed by atoms with van der Waals surface area (Å²) in [4.78, 5) is 0. The number of hydrogen-bond donors (Lipinski definition) is 1. The molecule has 0 aliphatic rings. The van der Waals surface area contributed by atoms with Gasteiger partial charge in [-0.2, -0.15) is 5.10 Å². The summed E-state index contributed by atoms with van der Waals surface area (Å²) >= 11 is 0. The van der Waals surface area contributed by atoms with E-state index in [1.54, 1.807) is 4.68 Å². The molecule has 1 aromatic heterocycles. The molecule has 0 saturated carbocycles. The average Bonchev–Trinajstić information content (AvgIpc) is 2.92. The number of ether oxygens (including phenoxy) is 1. The molecule has 1 heterocycles. The van der Waals surface area contributed by atoms with Crippen LogP contribution in [0.1, 0.15) is 5.56 Å². The summed E-state index contributed by atoms with van der Waals surface area (Å²) < 4.78 is 7.62. The fourth-order valence-corrected chi connectivity index (χ4v) is 2.06. The number of anilines is 1. The third-order valence-corrected chi connectivity index (χ3v) is 3.07. The summed E-state index contributed by atoms with van der Waals surface area (Å²) in [6, 6.07) is 17.7. The molecule has 0 amide bonds. The molecule has 0 bridgehead atoms. The summed E-state index contributed by atoms with van der Waals surface area (Å²) in [6.07, 6.45) is 3.86. The van der Waals surface area contributed by atoms with Crippen LogP contribution in [-0.2, 0) is 13.6 Å². The molecule has 0 radical (unpaired) electrons. The quantitative estimate of drug-likeness (QED) is 0.771. The van der Waals surface area contributed by atoms with Gasteiger partial charge in [0.2, 0.25) is 0 Å². The molecule has 0 aliphatic heterocycles. The Kier molecular flexibility index (Phi) is 3.87. The number of nitrogens with one attached hydrogen (secondary N) is 1. The minimum Gasteiger partial charge on any atom is -0.457 e. The van der Waals surface area contributed by atoms with Crippen molar-refractivity contribution in [3.05, 3.63) is 72.6 Å². The Morgan fingerprint density at radius 2 is 1.86 bits per heavy atom. The molecule has 4 nitrogen and oxygen atoms in total. The van der Waals surface area contributed by atoms with Gasteiger partial charge in [-0.05, 0) is 24.3 Å². The van der Waals surface area contributed by atoms with Gasteiger partial charge >= 0.3 is 0 Å². The molecule has 0 atom stereocenters. The van der Waals surface area contributed by atoms with Gasteiger partial charge in [0, 0.05) is 37.1 Å². The Bertz CT molecular complexity index is 707. The number of aryl methyl sites for hydroxylation is 1. The fourth-order valence-electron chi connectivity index (χ4n) is 2.06. The molecule has 1 N–H and O–H groups in total. The molecule has 21 heavy (non-hydrogen) atoms. The van der Waals surface area contributed by atoms with Gasteiger partial charge in [0.15, 0.2) is 0 Å². The zero-order valence-electron chi connectivity index (χ0n) is 11.9. The van der Waals surface area contributed by atoms with Crippen molar-refractivity contribution < 1.29 is 4.74 Å². The Morgan fingerprint density at radius 3 is 2.62 bits per heavy atom. The van der Waals surface area contributed by atoms with Crippen LogP contribution >= 0.6 is 0 Å². The van der Waals surface area contributed by atoms with Gasteiger partial charge < -0.3 is 10.1 Å². The van der Waals surface area contributed by atoms with Crippen LogP contribution in [0.4, 0.5) is 5.69 Å². The molecule has 3 aromatic rings. The van der Waals surface area contributed by atoms with Gasteiger partial charge in [-0.3, -0.25) is 4.68 Å². The molecule has 0 aliphatic carbocycles. The van der Waals surface area contributed by atoms with Crippen LogP contribution in [0.15, 0.2) is 67.0 Å². The van der Waals surface area contributed by atoms with E-state index >= 15 is 0 Å². The topological polar surface area (TPSA) is 39.1 Å². The minimum atomic E-state index is 0.739. The third kappa shape index (κ3) is 3.63. The van der Waals surface area contributed by atoms with Gasteiger partial charge in [0.1, 0.15) is 11.5 Å². The first kappa shape index (κ1) is 13.2. The van der Waals surface area contributed by atoms with E-state index in [-0.39, 0.29) is 0 Å². The number of aromatic nitrogens is 2. The molecular formula is C17H17N3O. The highest BCUT2D eigenvalue weighted by molar-refractivity contribution is 5.49. The van der Waals surface area contributed by atoms with Crippen LogP contribution in [0, 0.1) is 0 Å². The average molecular weight is 279 g/mol. The second kappa shape index (κ2) is 6.13. The number of benzene rings is 2. The summed E-state index contributed by atoms with van der Waals surface area (Å²) in [5, 5.41) is 7.52. The van der Waals surface area contributed by atoms with Crippen molar-refractivity contribution >= 4 is 5.69 Å². The van der Waals surface area contributed by atoms with Crippen LogP contribution in [0.25, 0.3) is 0 Å². The predicted octanol–water partition coefficient (Wildman–Crippen LogP) is 3.82. The molecule has 0 fully saturated rings. The van der Waals surface area contributed by atoms with Crippen LogP contribution in [0.5, 0.6) is 11.5 Å². The second-order valence-corrected chi connectivity index (χ2v) is 4.82. The molecular weight excluding hydrogens is 262 g/mol. The van der Waals surface area contributed by atoms with Crippen LogP contribution in [0.2, 0.25) is 0 Å². The van der Waals surface area contributed by atoms with Gasteiger partial charge in [-0.15, -0.1) is 0 Å². The lowest BCUT2D eigenvalue weighted by Gasteiger charge is -2.09. The summed E-state index contributed by atoms with van der Waals surface area (Å²) in [6.45, 7) is 0.739. The van der Waals surface area contributed by atoms with Crippen molar-refractivity contribution in [3.8, 4) is 11.5 Å². The Hall–Kier alpha value is -2.75. The minimum absolute atomic E-state index is 0.739. The first-order valence-electron chi connectivity index (χ1n) is 6.84. The van der Waals surface area contributed by atoms with Gasteiger partial charge in [-0.1, -0.05) is 24.3 Å². The molecule has 0 unspecified atom stereocenters. The van der Waals surface area contributed by atoms with E-state index in [4.69, 9.17) is 4.74 Å². The van der Waals surface area contributed by atoms with E-state index in [2.05, 4.69) is 10.4 Å². The maximum Gasteiger partial charge on any atom is 0.129 e. The zero-order chi connectivity index (χ0) is 14.5. The maximum absolute atomic E-state index is 5.82.